The summed E-state index contributed by atoms with van der Waals surface area (Å²) >= 11 is 15.6. The number of pyridine rings is 1. The van der Waals surface area contributed by atoms with Crippen LogP contribution >= 0.6 is 39.1 Å². The number of fused-ring (bicyclic) bond motifs is 1. The summed E-state index contributed by atoms with van der Waals surface area (Å²) in [5, 5.41) is 1.85. The number of aromatic nitrogens is 1. The molecule has 17 heavy (non-hydrogen) atoms. The highest BCUT2D eigenvalue weighted by molar-refractivity contribution is 9.10. The predicted octanol–water partition coefficient (Wildman–Crippen LogP) is 4.84. The van der Waals surface area contributed by atoms with Gasteiger partial charge in [0.05, 0.1) is 15.6 Å². The summed E-state index contributed by atoms with van der Waals surface area (Å²) in [6, 6.07) is 3.93. The molecule has 90 valence electrons. The first kappa shape index (κ1) is 12.9. The second-order valence-electron chi connectivity index (χ2n) is 3.84. The predicted molar refractivity (Wildman–Crippen MR) is 77.9 cm³/mol. The standard InChI is InChI=1S/C12H11BrCl2N2/c1-2-3-6-4-7-5-8(13)9(14)10(15)11(7)17-12(6)16/h4-5H,2-3H2,1H3,(H2,16,17). The van der Waals surface area contributed by atoms with E-state index in [2.05, 4.69) is 27.8 Å². The van der Waals surface area contributed by atoms with Crippen LogP contribution in [0.15, 0.2) is 16.6 Å². The molecule has 2 nitrogen and oxygen atoms in total. The monoisotopic (exact) mass is 332 g/mol. The number of aryl methyl sites for hydroxylation is 1. The minimum absolute atomic E-state index is 0.436. The van der Waals surface area contributed by atoms with Gasteiger partial charge in [-0.2, -0.15) is 0 Å². The highest BCUT2D eigenvalue weighted by Gasteiger charge is 2.12. The highest BCUT2D eigenvalue weighted by Crippen LogP contribution is 2.37. The number of rotatable bonds is 2. The van der Waals surface area contributed by atoms with Crippen LogP contribution in [0.3, 0.4) is 0 Å². The van der Waals surface area contributed by atoms with Gasteiger partial charge in [-0.1, -0.05) is 36.5 Å². The third-order valence-electron chi connectivity index (χ3n) is 2.58. The number of nitrogens with zero attached hydrogens (tertiary/aromatic N) is 1. The molecule has 0 unspecified atom stereocenters. The molecule has 0 bridgehead atoms. The average Bonchev–Trinajstić information content (AvgIpc) is 2.29. The summed E-state index contributed by atoms with van der Waals surface area (Å²) in [7, 11) is 0. The normalized spacial score (nSPS) is 11.1. The molecule has 1 aromatic carbocycles. The number of nitrogen functional groups attached to an aromatic ring is 1. The molecule has 0 aliphatic rings. The van der Waals surface area contributed by atoms with Crippen LogP contribution in [0.25, 0.3) is 10.9 Å². The zero-order chi connectivity index (χ0) is 12.6. The van der Waals surface area contributed by atoms with Gasteiger partial charge in [0.2, 0.25) is 0 Å². The van der Waals surface area contributed by atoms with Gasteiger partial charge in [0.1, 0.15) is 5.82 Å². The first-order valence-corrected chi connectivity index (χ1v) is 6.82. The maximum atomic E-state index is 6.15. The van der Waals surface area contributed by atoms with Crippen LogP contribution < -0.4 is 5.73 Å². The molecule has 0 fully saturated rings. The van der Waals surface area contributed by atoms with Gasteiger partial charge in [-0.05, 0) is 40.0 Å². The lowest BCUT2D eigenvalue weighted by molar-refractivity contribution is 0.921. The van der Waals surface area contributed by atoms with Gasteiger partial charge in [-0.15, -0.1) is 0 Å². The summed E-state index contributed by atoms with van der Waals surface area (Å²) in [5.74, 6) is 0.527. The smallest absolute Gasteiger partial charge is 0.127 e. The Morgan fingerprint density at radius 3 is 2.65 bits per heavy atom. The van der Waals surface area contributed by atoms with Gasteiger partial charge >= 0.3 is 0 Å². The molecule has 0 amide bonds. The van der Waals surface area contributed by atoms with Crippen LogP contribution in [0, 0.1) is 0 Å². The lowest BCUT2D eigenvalue weighted by Gasteiger charge is -2.09. The van der Waals surface area contributed by atoms with Crippen molar-refractivity contribution >= 4 is 55.9 Å². The van der Waals surface area contributed by atoms with E-state index in [9.17, 15) is 0 Å². The number of halogens is 3. The van der Waals surface area contributed by atoms with E-state index in [0.29, 0.717) is 21.4 Å². The quantitative estimate of drug-likeness (QED) is 0.799. The molecule has 2 aromatic rings. The van der Waals surface area contributed by atoms with Crippen molar-refractivity contribution in [2.75, 3.05) is 5.73 Å². The maximum absolute atomic E-state index is 6.15. The lowest BCUT2D eigenvalue weighted by atomic mass is 10.1. The van der Waals surface area contributed by atoms with Crippen molar-refractivity contribution in [3.8, 4) is 0 Å². The fourth-order valence-corrected chi connectivity index (χ4v) is 2.71. The van der Waals surface area contributed by atoms with Gasteiger partial charge in [0.25, 0.3) is 0 Å². The summed E-state index contributed by atoms with van der Waals surface area (Å²) in [6.45, 7) is 2.11. The SMILES string of the molecule is CCCc1cc2cc(Br)c(Cl)c(Cl)c2nc1N. The van der Waals surface area contributed by atoms with Crippen LogP contribution in [0.5, 0.6) is 0 Å². The molecule has 2 N–H and O–H groups in total. The molecule has 0 atom stereocenters. The number of nitrogens with two attached hydrogens (primary N) is 1. The fraction of sp³-hybridized carbons (Fsp3) is 0.250. The van der Waals surface area contributed by atoms with Crippen LogP contribution in [0.1, 0.15) is 18.9 Å². The van der Waals surface area contributed by atoms with Crippen molar-refractivity contribution < 1.29 is 0 Å². The van der Waals surface area contributed by atoms with Gasteiger partial charge in [0, 0.05) is 9.86 Å². The van der Waals surface area contributed by atoms with E-state index in [1.165, 1.54) is 0 Å². The molecule has 1 heterocycles. The Morgan fingerprint density at radius 2 is 2.00 bits per heavy atom. The molecule has 0 radical (unpaired) electrons. The van der Waals surface area contributed by atoms with Crippen LogP contribution in [-0.4, -0.2) is 4.98 Å². The Morgan fingerprint density at radius 1 is 1.29 bits per heavy atom. The van der Waals surface area contributed by atoms with E-state index in [-0.39, 0.29) is 0 Å². The molecular formula is C12H11BrCl2N2. The number of benzene rings is 1. The number of hydrogen-bond acceptors (Lipinski definition) is 2. The molecule has 2 rings (SSSR count). The van der Waals surface area contributed by atoms with Crippen molar-refractivity contribution in [1.29, 1.82) is 0 Å². The third-order valence-corrected chi connectivity index (χ3v) is 4.29. The van der Waals surface area contributed by atoms with E-state index in [4.69, 9.17) is 28.9 Å². The first-order chi connectivity index (χ1) is 8.04. The van der Waals surface area contributed by atoms with Crippen molar-refractivity contribution in [1.82, 2.24) is 4.98 Å². The highest BCUT2D eigenvalue weighted by atomic mass is 79.9. The zero-order valence-electron chi connectivity index (χ0n) is 9.23. The maximum Gasteiger partial charge on any atom is 0.127 e. The Bertz CT molecular complexity index is 584. The van der Waals surface area contributed by atoms with E-state index in [0.717, 1.165) is 28.3 Å². The van der Waals surface area contributed by atoms with Crippen molar-refractivity contribution in [2.45, 2.75) is 19.8 Å². The van der Waals surface area contributed by atoms with E-state index in [1.54, 1.807) is 0 Å². The largest absolute Gasteiger partial charge is 0.383 e. The van der Waals surface area contributed by atoms with Gasteiger partial charge in [-0.25, -0.2) is 4.98 Å². The third kappa shape index (κ3) is 2.37. The summed E-state index contributed by atoms with van der Waals surface area (Å²) in [5.41, 5.74) is 7.60. The van der Waals surface area contributed by atoms with Crippen molar-refractivity contribution in [3.05, 3.63) is 32.2 Å². The minimum Gasteiger partial charge on any atom is -0.383 e. The summed E-state index contributed by atoms with van der Waals surface area (Å²) < 4.78 is 0.769. The topological polar surface area (TPSA) is 38.9 Å². The Kier molecular flexibility index (Phi) is 3.81. The second-order valence-corrected chi connectivity index (χ2v) is 5.45. The summed E-state index contributed by atoms with van der Waals surface area (Å²) in [4.78, 5) is 4.34. The van der Waals surface area contributed by atoms with Crippen LogP contribution in [0.4, 0.5) is 5.82 Å². The Hall–Kier alpha value is -0.510. The molecule has 0 aliphatic carbocycles. The number of hydrogen-bond donors (Lipinski definition) is 1. The lowest BCUT2D eigenvalue weighted by Crippen LogP contribution is -1.98. The van der Waals surface area contributed by atoms with E-state index >= 15 is 0 Å². The first-order valence-electron chi connectivity index (χ1n) is 5.27. The van der Waals surface area contributed by atoms with Crippen molar-refractivity contribution in [2.24, 2.45) is 0 Å². The molecule has 0 saturated heterocycles. The molecule has 5 heteroatoms. The molecule has 0 aliphatic heterocycles. The van der Waals surface area contributed by atoms with E-state index in [1.807, 2.05) is 12.1 Å². The Labute approximate surface area is 118 Å². The van der Waals surface area contributed by atoms with Crippen molar-refractivity contribution in [3.63, 3.8) is 0 Å². The zero-order valence-corrected chi connectivity index (χ0v) is 12.3. The molecular weight excluding hydrogens is 323 g/mol. The van der Waals surface area contributed by atoms with Gasteiger partial charge in [-0.3, -0.25) is 0 Å². The van der Waals surface area contributed by atoms with Gasteiger partial charge in [0.15, 0.2) is 0 Å². The summed E-state index contributed by atoms with van der Waals surface area (Å²) in [6.07, 6.45) is 1.94. The van der Waals surface area contributed by atoms with Gasteiger partial charge < -0.3 is 5.73 Å². The second kappa shape index (κ2) is 5.01. The molecule has 1 aromatic heterocycles. The fourth-order valence-electron chi connectivity index (χ4n) is 1.75. The minimum atomic E-state index is 0.436. The molecule has 0 saturated carbocycles. The average molecular weight is 334 g/mol. The van der Waals surface area contributed by atoms with E-state index < -0.39 is 0 Å². The number of anilines is 1. The van der Waals surface area contributed by atoms with Crippen LogP contribution in [0.2, 0.25) is 10.0 Å². The van der Waals surface area contributed by atoms with Crippen LogP contribution in [-0.2, 0) is 6.42 Å². The molecule has 0 spiro atoms. The Balaban J connectivity index is 2.74.